The average Bonchev–Trinajstić information content (AvgIpc) is 3.06. The molecule has 0 aliphatic carbocycles. The Labute approximate surface area is 135 Å². The van der Waals surface area contributed by atoms with Gasteiger partial charge in [0.2, 0.25) is 0 Å². The van der Waals surface area contributed by atoms with Crippen LogP contribution in [0.3, 0.4) is 0 Å². The molecule has 0 radical (unpaired) electrons. The first-order valence-electron chi connectivity index (χ1n) is 6.75. The normalized spacial score (nSPS) is 11.7. The number of nitriles is 1. The summed E-state index contributed by atoms with van der Waals surface area (Å²) >= 11 is 0. The maximum Gasteiger partial charge on any atom is 0.416 e. The quantitative estimate of drug-likeness (QED) is 0.648. The number of carbonyl (C=O) groups excluding carboxylic acids is 1. The lowest BCUT2D eigenvalue weighted by atomic mass is 10.2. The molecular formula is C16H12F3N3O2. The van der Waals surface area contributed by atoms with Crippen LogP contribution in [0.15, 0.2) is 58.9 Å². The molecule has 0 saturated heterocycles. The van der Waals surface area contributed by atoms with E-state index in [9.17, 15) is 18.0 Å². The number of benzene rings is 1. The van der Waals surface area contributed by atoms with Crippen LogP contribution in [0, 0.1) is 11.3 Å². The van der Waals surface area contributed by atoms with E-state index in [1.165, 1.54) is 18.4 Å². The Morgan fingerprint density at radius 3 is 2.50 bits per heavy atom. The van der Waals surface area contributed by atoms with Crippen molar-refractivity contribution in [3.05, 3.63) is 65.8 Å². The monoisotopic (exact) mass is 335 g/mol. The Morgan fingerprint density at radius 1 is 1.25 bits per heavy atom. The van der Waals surface area contributed by atoms with E-state index in [2.05, 4.69) is 10.6 Å². The number of hydrogen-bond acceptors (Lipinski definition) is 4. The van der Waals surface area contributed by atoms with Gasteiger partial charge in [-0.3, -0.25) is 4.79 Å². The molecule has 24 heavy (non-hydrogen) atoms. The summed E-state index contributed by atoms with van der Waals surface area (Å²) in [5, 5.41) is 14.1. The standard InChI is InChI=1S/C16H12F3N3O2/c17-16(18,19)12-3-5-13(6-4-12)21-9-11(8-20)15(23)22-10-14-2-1-7-24-14/h1-7,9,21H,10H2,(H,22,23)/b11-9-. The Morgan fingerprint density at radius 2 is 1.96 bits per heavy atom. The highest BCUT2D eigenvalue weighted by Gasteiger charge is 2.29. The molecule has 0 fully saturated rings. The summed E-state index contributed by atoms with van der Waals surface area (Å²) in [7, 11) is 0. The van der Waals surface area contributed by atoms with Gasteiger partial charge in [0, 0.05) is 11.9 Å². The molecule has 0 saturated carbocycles. The fourth-order valence-electron chi connectivity index (χ4n) is 1.74. The maximum absolute atomic E-state index is 12.5. The van der Waals surface area contributed by atoms with Gasteiger partial charge in [-0.15, -0.1) is 0 Å². The molecule has 0 bridgehead atoms. The second-order valence-electron chi connectivity index (χ2n) is 4.65. The van der Waals surface area contributed by atoms with Crippen LogP contribution in [0.25, 0.3) is 0 Å². The van der Waals surface area contributed by atoms with Crippen molar-refractivity contribution in [3.63, 3.8) is 0 Å². The number of hydrogen-bond donors (Lipinski definition) is 2. The van der Waals surface area contributed by atoms with Crippen molar-refractivity contribution in [1.82, 2.24) is 5.32 Å². The van der Waals surface area contributed by atoms with Gasteiger partial charge in [-0.25, -0.2) is 0 Å². The van der Waals surface area contributed by atoms with E-state index in [1.807, 2.05) is 0 Å². The molecular weight excluding hydrogens is 323 g/mol. The number of nitrogens with one attached hydrogen (secondary N) is 2. The lowest BCUT2D eigenvalue weighted by molar-refractivity contribution is -0.137. The Balaban J connectivity index is 1.97. The van der Waals surface area contributed by atoms with Crippen molar-refractivity contribution in [2.75, 3.05) is 5.32 Å². The topological polar surface area (TPSA) is 78.1 Å². The van der Waals surface area contributed by atoms with E-state index >= 15 is 0 Å². The molecule has 2 N–H and O–H groups in total. The zero-order valence-corrected chi connectivity index (χ0v) is 12.2. The van der Waals surface area contributed by atoms with Gasteiger partial charge < -0.3 is 15.1 Å². The third kappa shape index (κ3) is 4.64. The van der Waals surface area contributed by atoms with E-state index in [0.717, 1.165) is 18.3 Å². The van der Waals surface area contributed by atoms with Gasteiger partial charge in [-0.2, -0.15) is 18.4 Å². The zero-order chi connectivity index (χ0) is 17.6. The fourth-order valence-corrected chi connectivity index (χ4v) is 1.74. The summed E-state index contributed by atoms with van der Waals surface area (Å²) in [4.78, 5) is 11.8. The van der Waals surface area contributed by atoms with Crippen LogP contribution in [-0.2, 0) is 17.5 Å². The molecule has 2 aromatic rings. The fraction of sp³-hybridized carbons (Fsp3) is 0.125. The van der Waals surface area contributed by atoms with E-state index in [-0.39, 0.29) is 12.1 Å². The maximum atomic E-state index is 12.5. The molecule has 1 amide bonds. The highest BCUT2D eigenvalue weighted by Crippen LogP contribution is 2.29. The largest absolute Gasteiger partial charge is 0.467 e. The van der Waals surface area contributed by atoms with E-state index in [4.69, 9.17) is 9.68 Å². The van der Waals surface area contributed by atoms with Crippen LogP contribution in [0.4, 0.5) is 18.9 Å². The van der Waals surface area contributed by atoms with Crippen LogP contribution in [0.1, 0.15) is 11.3 Å². The van der Waals surface area contributed by atoms with Gasteiger partial charge in [-0.1, -0.05) is 0 Å². The van der Waals surface area contributed by atoms with Crippen LogP contribution < -0.4 is 10.6 Å². The molecule has 2 rings (SSSR count). The second-order valence-corrected chi connectivity index (χ2v) is 4.65. The summed E-state index contributed by atoms with van der Waals surface area (Å²) in [6.07, 6.45) is -1.84. The van der Waals surface area contributed by atoms with E-state index in [1.54, 1.807) is 18.2 Å². The lowest BCUT2D eigenvalue weighted by Gasteiger charge is -2.08. The summed E-state index contributed by atoms with van der Waals surface area (Å²) in [5.41, 5.74) is -0.690. The Bertz CT molecular complexity index is 757. The van der Waals surface area contributed by atoms with Crippen molar-refractivity contribution in [2.45, 2.75) is 12.7 Å². The van der Waals surface area contributed by atoms with Crippen molar-refractivity contribution in [3.8, 4) is 6.07 Å². The zero-order valence-electron chi connectivity index (χ0n) is 12.2. The van der Waals surface area contributed by atoms with Crippen LogP contribution >= 0.6 is 0 Å². The van der Waals surface area contributed by atoms with Gasteiger partial charge in [0.15, 0.2) is 0 Å². The van der Waals surface area contributed by atoms with E-state index < -0.39 is 17.6 Å². The molecule has 8 heteroatoms. The van der Waals surface area contributed by atoms with Gasteiger partial charge in [0.05, 0.1) is 18.4 Å². The van der Waals surface area contributed by atoms with E-state index in [0.29, 0.717) is 11.4 Å². The molecule has 0 aliphatic rings. The number of rotatable bonds is 5. The Hall–Kier alpha value is -3.21. The van der Waals surface area contributed by atoms with Gasteiger partial charge in [0.1, 0.15) is 17.4 Å². The third-order valence-electron chi connectivity index (χ3n) is 2.96. The number of halogens is 3. The summed E-state index contributed by atoms with van der Waals surface area (Å²) in [6.45, 7) is 0.116. The molecule has 5 nitrogen and oxygen atoms in total. The van der Waals surface area contributed by atoms with Gasteiger partial charge in [0.25, 0.3) is 5.91 Å². The van der Waals surface area contributed by atoms with Crippen molar-refractivity contribution >= 4 is 11.6 Å². The summed E-state index contributed by atoms with van der Waals surface area (Å²) in [6, 6.07) is 9.25. The molecule has 1 heterocycles. The molecule has 0 atom stereocenters. The molecule has 0 spiro atoms. The predicted octanol–water partition coefficient (Wildman–Crippen LogP) is 3.43. The minimum Gasteiger partial charge on any atom is -0.467 e. The minimum atomic E-state index is -4.42. The minimum absolute atomic E-state index is 0.116. The Kier molecular flexibility index (Phi) is 5.27. The number of nitrogens with zero attached hydrogens (tertiary/aromatic N) is 1. The predicted molar refractivity (Wildman–Crippen MR) is 79.3 cm³/mol. The van der Waals surface area contributed by atoms with Crippen molar-refractivity contribution in [2.24, 2.45) is 0 Å². The first-order valence-corrected chi connectivity index (χ1v) is 6.75. The van der Waals surface area contributed by atoms with Crippen LogP contribution in [-0.4, -0.2) is 5.91 Å². The number of anilines is 1. The molecule has 0 aliphatic heterocycles. The SMILES string of the molecule is N#C/C(=C/Nc1ccc(C(F)(F)F)cc1)C(=O)NCc1ccco1. The molecule has 1 aromatic heterocycles. The number of carbonyl (C=O) groups is 1. The van der Waals surface area contributed by atoms with Crippen molar-refractivity contribution < 1.29 is 22.4 Å². The molecule has 1 aromatic carbocycles. The summed E-state index contributed by atoms with van der Waals surface area (Å²) in [5.74, 6) is -0.107. The first-order chi connectivity index (χ1) is 11.4. The molecule has 124 valence electrons. The van der Waals surface area contributed by atoms with Crippen LogP contribution in [0.5, 0.6) is 0 Å². The lowest BCUT2D eigenvalue weighted by Crippen LogP contribution is -2.24. The van der Waals surface area contributed by atoms with Crippen LogP contribution in [0.2, 0.25) is 0 Å². The summed E-state index contributed by atoms with van der Waals surface area (Å²) < 4.78 is 42.4. The second kappa shape index (κ2) is 7.37. The molecule has 0 unspecified atom stereocenters. The van der Waals surface area contributed by atoms with Crippen molar-refractivity contribution in [1.29, 1.82) is 5.26 Å². The number of furan rings is 1. The number of alkyl halides is 3. The van der Waals surface area contributed by atoms with Gasteiger partial charge >= 0.3 is 6.18 Å². The first kappa shape index (κ1) is 17.1. The highest BCUT2D eigenvalue weighted by molar-refractivity contribution is 5.97. The highest BCUT2D eigenvalue weighted by atomic mass is 19.4. The smallest absolute Gasteiger partial charge is 0.416 e. The average molecular weight is 335 g/mol. The number of amides is 1. The third-order valence-corrected chi connectivity index (χ3v) is 2.96. The van der Waals surface area contributed by atoms with Gasteiger partial charge in [-0.05, 0) is 36.4 Å².